The smallest absolute Gasteiger partial charge is 0.248 e. The quantitative estimate of drug-likeness (QED) is 0.352. The monoisotopic (exact) mass is 599 g/mol. The number of anilines is 2. The third-order valence-electron chi connectivity index (χ3n) is 9.12. The van der Waals surface area contributed by atoms with Crippen molar-refractivity contribution in [1.29, 1.82) is 0 Å². The molecular formula is C31H38ClN3O5S. The molecule has 2 bridgehead atoms. The SMILES string of the molecule is CCOc1ccc(NC(=O)[C@@H]2[C@H]3C(=O)N([C@@H](CO)[C@@H](C)CC)C(C(=O)Nc4ccc(Cl)cc4)C34S[C@@H]2CC4C)cc1. The number of ether oxygens (including phenoxy) is 1. The van der Waals surface area contributed by atoms with E-state index in [0.717, 1.165) is 12.8 Å². The molecule has 5 rings (SSSR count). The van der Waals surface area contributed by atoms with Crippen LogP contribution in [0.1, 0.15) is 40.5 Å². The number of hydrogen-bond acceptors (Lipinski definition) is 6. The second kappa shape index (κ2) is 11.9. The van der Waals surface area contributed by atoms with Gasteiger partial charge >= 0.3 is 0 Å². The summed E-state index contributed by atoms with van der Waals surface area (Å²) in [5, 5.41) is 17.0. The molecule has 0 aromatic heterocycles. The van der Waals surface area contributed by atoms with Crippen LogP contribution in [-0.2, 0) is 14.4 Å². The van der Waals surface area contributed by atoms with Crippen LogP contribution in [0.5, 0.6) is 5.75 Å². The predicted molar refractivity (Wildman–Crippen MR) is 162 cm³/mol. The number of aliphatic hydroxyl groups excluding tert-OH is 1. The van der Waals surface area contributed by atoms with Gasteiger partial charge in [-0.3, -0.25) is 14.4 Å². The molecule has 3 N–H and O–H groups in total. The predicted octanol–water partition coefficient (Wildman–Crippen LogP) is 5.06. The lowest BCUT2D eigenvalue weighted by Crippen LogP contribution is -2.58. The van der Waals surface area contributed by atoms with Gasteiger partial charge < -0.3 is 25.4 Å². The Kier molecular flexibility index (Phi) is 8.60. The molecular weight excluding hydrogens is 562 g/mol. The fourth-order valence-corrected chi connectivity index (χ4v) is 9.54. The summed E-state index contributed by atoms with van der Waals surface area (Å²) >= 11 is 7.67. The molecule has 0 radical (unpaired) electrons. The van der Waals surface area contributed by atoms with Crippen LogP contribution in [0.3, 0.4) is 0 Å². The molecule has 2 aromatic rings. The Hall–Kier alpha value is -2.75. The minimum Gasteiger partial charge on any atom is -0.494 e. The van der Waals surface area contributed by atoms with Crippen LogP contribution in [0.2, 0.25) is 5.02 Å². The zero-order valence-corrected chi connectivity index (χ0v) is 25.4. The first-order valence-electron chi connectivity index (χ1n) is 14.4. The molecule has 3 saturated heterocycles. The Labute approximate surface area is 250 Å². The average molecular weight is 600 g/mol. The van der Waals surface area contributed by atoms with Crippen LogP contribution in [0.25, 0.3) is 0 Å². The Morgan fingerprint density at radius 2 is 1.71 bits per heavy atom. The number of aliphatic hydroxyl groups is 1. The van der Waals surface area contributed by atoms with Crippen molar-refractivity contribution in [3.8, 4) is 5.75 Å². The van der Waals surface area contributed by atoms with E-state index in [4.69, 9.17) is 16.3 Å². The van der Waals surface area contributed by atoms with Crippen LogP contribution in [0.15, 0.2) is 48.5 Å². The fraction of sp³-hybridized carbons (Fsp3) is 0.516. The van der Waals surface area contributed by atoms with E-state index in [-0.39, 0.29) is 41.4 Å². The Morgan fingerprint density at radius 3 is 2.29 bits per heavy atom. The number of carbonyl (C=O) groups is 3. The molecule has 3 aliphatic heterocycles. The fourth-order valence-electron chi connectivity index (χ4n) is 7.00. The maximum absolute atomic E-state index is 14.4. The summed E-state index contributed by atoms with van der Waals surface area (Å²) in [4.78, 5) is 44.1. The molecule has 1 spiro atoms. The molecule has 0 aliphatic carbocycles. The molecule has 3 heterocycles. The normalized spacial score (nSPS) is 29.7. The van der Waals surface area contributed by atoms with Gasteiger partial charge in [-0.15, -0.1) is 11.8 Å². The van der Waals surface area contributed by atoms with Crippen molar-refractivity contribution in [2.75, 3.05) is 23.8 Å². The van der Waals surface area contributed by atoms with Crippen molar-refractivity contribution >= 4 is 52.5 Å². The summed E-state index contributed by atoms with van der Waals surface area (Å²) in [5.74, 6) is -1.34. The Morgan fingerprint density at radius 1 is 1.10 bits per heavy atom. The number of nitrogens with one attached hydrogen (secondary N) is 2. The van der Waals surface area contributed by atoms with Gasteiger partial charge in [0.05, 0.1) is 35.8 Å². The molecule has 10 heteroatoms. The van der Waals surface area contributed by atoms with Crippen molar-refractivity contribution in [2.24, 2.45) is 23.7 Å². The minimum atomic E-state index is -0.838. The summed E-state index contributed by atoms with van der Waals surface area (Å²) in [6, 6.07) is 12.6. The number of likely N-dealkylation sites (tertiary alicyclic amines) is 1. The van der Waals surface area contributed by atoms with E-state index >= 15 is 0 Å². The van der Waals surface area contributed by atoms with E-state index in [2.05, 4.69) is 17.6 Å². The molecule has 3 fully saturated rings. The van der Waals surface area contributed by atoms with Gasteiger partial charge in [0.25, 0.3) is 0 Å². The minimum absolute atomic E-state index is 0.0169. The Balaban J connectivity index is 1.50. The lowest BCUT2D eigenvalue weighted by molar-refractivity contribution is -0.142. The molecule has 8 nitrogen and oxygen atoms in total. The van der Waals surface area contributed by atoms with Crippen LogP contribution in [0.4, 0.5) is 11.4 Å². The summed E-state index contributed by atoms with van der Waals surface area (Å²) < 4.78 is 4.72. The molecule has 3 unspecified atom stereocenters. The van der Waals surface area contributed by atoms with Crippen molar-refractivity contribution in [2.45, 2.75) is 62.6 Å². The number of amides is 3. The maximum atomic E-state index is 14.4. The summed E-state index contributed by atoms with van der Waals surface area (Å²) in [6.07, 6.45) is 1.45. The summed E-state index contributed by atoms with van der Waals surface area (Å²) in [5.41, 5.74) is 1.20. The van der Waals surface area contributed by atoms with Gasteiger partial charge in [-0.1, -0.05) is 38.8 Å². The summed E-state index contributed by atoms with van der Waals surface area (Å²) in [6.45, 7) is 8.26. The van der Waals surface area contributed by atoms with Crippen molar-refractivity contribution in [3.63, 3.8) is 0 Å². The van der Waals surface area contributed by atoms with Gasteiger partial charge in [0, 0.05) is 21.6 Å². The molecule has 0 saturated carbocycles. The van der Waals surface area contributed by atoms with Crippen LogP contribution < -0.4 is 15.4 Å². The number of thioether (sulfide) groups is 1. The second-order valence-electron chi connectivity index (χ2n) is 11.4. The van der Waals surface area contributed by atoms with E-state index in [9.17, 15) is 19.5 Å². The van der Waals surface area contributed by atoms with Gasteiger partial charge in [0.15, 0.2) is 0 Å². The molecule has 3 aliphatic rings. The number of carbonyl (C=O) groups excluding carboxylic acids is 3. The molecule has 2 aromatic carbocycles. The number of benzene rings is 2. The standard InChI is InChI=1S/C31H38ClN3O5S/c1-5-17(3)23(16-36)35-27(29(38)34-20-9-7-19(32)8-10-20)31-18(4)15-24(41-31)25(26(31)30(35)39)28(37)33-21-11-13-22(14-12-21)40-6-2/h7-14,17-18,23-27,36H,5-6,15-16H2,1-4H3,(H,33,37)(H,34,38)/t17-,18?,23-,24+,25-,26-,27?,31?/m0/s1. The second-order valence-corrected chi connectivity index (χ2v) is 13.4. The van der Waals surface area contributed by atoms with Crippen LogP contribution in [0, 0.1) is 23.7 Å². The number of halogens is 1. The van der Waals surface area contributed by atoms with E-state index in [1.54, 1.807) is 65.2 Å². The van der Waals surface area contributed by atoms with Crippen LogP contribution in [-0.4, -0.2) is 63.0 Å². The number of rotatable bonds is 10. The van der Waals surface area contributed by atoms with Gasteiger partial charge in [-0.25, -0.2) is 0 Å². The molecule has 220 valence electrons. The first-order valence-corrected chi connectivity index (χ1v) is 15.6. The number of nitrogens with zero attached hydrogens (tertiary/aromatic N) is 1. The first-order chi connectivity index (χ1) is 19.7. The third-order valence-corrected chi connectivity index (χ3v) is 11.5. The highest BCUT2D eigenvalue weighted by Crippen LogP contribution is 2.69. The molecule has 8 atom stereocenters. The van der Waals surface area contributed by atoms with Gasteiger partial charge in [0.1, 0.15) is 11.8 Å². The zero-order chi connectivity index (χ0) is 29.5. The largest absolute Gasteiger partial charge is 0.494 e. The number of hydrogen-bond donors (Lipinski definition) is 3. The highest BCUT2D eigenvalue weighted by Gasteiger charge is 2.76. The molecule has 41 heavy (non-hydrogen) atoms. The first kappa shape index (κ1) is 29.7. The van der Waals surface area contributed by atoms with E-state index in [0.29, 0.717) is 28.8 Å². The van der Waals surface area contributed by atoms with E-state index < -0.39 is 28.7 Å². The van der Waals surface area contributed by atoms with Crippen LogP contribution >= 0.6 is 23.4 Å². The van der Waals surface area contributed by atoms with Gasteiger partial charge in [-0.05, 0) is 73.7 Å². The molecule has 3 amide bonds. The van der Waals surface area contributed by atoms with E-state index in [1.807, 2.05) is 20.8 Å². The summed E-state index contributed by atoms with van der Waals surface area (Å²) in [7, 11) is 0. The maximum Gasteiger partial charge on any atom is 0.248 e. The number of fused-ring (bicyclic) bond motifs is 1. The highest BCUT2D eigenvalue weighted by atomic mass is 35.5. The van der Waals surface area contributed by atoms with Crippen molar-refractivity contribution < 1.29 is 24.2 Å². The van der Waals surface area contributed by atoms with E-state index in [1.165, 1.54) is 0 Å². The van der Waals surface area contributed by atoms with Gasteiger partial charge in [-0.2, -0.15) is 0 Å². The highest BCUT2D eigenvalue weighted by molar-refractivity contribution is 8.02. The van der Waals surface area contributed by atoms with Crippen molar-refractivity contribution in [1.82, 2.24) is 4.90 Å². The topological polar surface area (TPSA) is 108 Å². The third kappa shape index (κ3) is 5.10. The van der Waals surface area contributed by atoms with Gasteiger partial charge in [0.2, 0.25) is 17.7 Å². The average Bonchev–Trinajstić information content (AvgIpc) is 3.55. The lowest BCUT2D eigenvalue weighted by Gasteiger charge is -2.41. The van der Waals surface area contributed by atoms with Crippen molar-refractivity contribution in [3.05, 3.63) is 53.6 Å². The Bertz CT molecular complexity index is 1290. The zero-order valence-electron chi connectivity index (χ0n) is 23.8. The lowest BCUT2D eigenvalue weighted by atomic mass is 9.66.